The molecule has 0 bridgehead atoms. The number of amides is 1. The van der Waals surface area contributed by atoms with Crippen LogP contribution in [0.15, 0.2) is 12.4 Å². The number of methoxy groups -OCH3 is 2. The Morgan fingerprint density at radius 1 is 1.17 bits per heavy atom. The lowest BCUT2D eigenvalue weighted by Crippen LogP contribution is -2.57. The summed E-state index contributed by atoms with van der Waals surface area (Å²) in [6.45, 7) is 0.853. The van der Waals surface area contributed by atoms with Crippen LogP contribution in [0.4, 0.5) is 5.95 Å². The smallest absolute Gasteiger partial charge is 0.257 e. The van der Waals surface area contributed by atoms with E-state index in [-0.39, 0.29) is 24.2 Å². The highest BCUT2D eigenvalue weighted by Gasteiger charge is 2.38. The molecule has 1 fully saturated rings. The van der Waals surface area contributed by atoms with Crippen LogP contribution in [0.2, 0.25) is 0 Å². The maximum atomic E-state index is 12.7. The van der Waals surface area contributed by atoms with Crippen molar-refractivity contribution in [1.29, 1.82) is 0 Å². The highest BCUT2D eigenvalue weighted by molar-refractivity contribution is 5.93. The molecule has 2 heterocycles. The normalized spacial score (nSPS) is 24.3. The molecule has 2 rings (SSSR count). The molecule has 1 aromatic rings. The summed E-state index contributed by atoms with van der Waals surface area (Å²) in [6, 6.07) is -0.236. The van der Waals surface area contributed by atoms with Crippen molar-refractivity contribution in [3.05, 3.63) is 18.0 Å². The van der Waals surface area contributed by atoms with Crippen molar-refractivity contribution >= 4 is 11.9 Å². The molecule has 0 aromatic carbocycles. The molecule has 0 saturated carbocycles. The van der Waals surface area contributed by atoms with Crippen LogP contribution in [0.3, 0.4) is 0 Å². The van der Waals surface area contributed by atoms with Crippen molar-refractivity contribution in [2.75, 3.05) is 53.5 Å². The van der Waals surface area contributed by atoms with Gasteiger partial charge in [0.2, 0.25) is 5.95 Å². The van der Waals surface area contributed by atoms with E-state index in [1.165, 1.54) is 12.4 Å². The van der Waals surface area contributed by atoms with Crippen LogP contribution in [0.5, 0.6) is 0 Å². The number of ether oxygens (including phenoxy) is 3. The molecule has 23 heavy (non-hydrogen) atoms. The fourth-order valence-electron chi connectivity index (χ4n) is 2.60. The van der Waals surface area contributed by atoms with Crippen LogP contribution in [-0.4, -0.2) is 87.6 Å². The predicted molar refractivity (Wildman–Crippen MR) is 84.7 cm³/mol. The molecule has 0 N–H and O–H groups in total. The first-order valence-electron chi connectivity index (χ1n) is 7.39. The van der Waals surface area contributed by atoms with E-state index in [1.54, 1.807) is 31.1 Å². The van der Waals surface area contributed by atoms with Crippen molar-refractivity contribution in [2.45, 2.75) is 18.2 Å². The van der Waals surface area contributed by atoms with Gasteiger partial charge in [0.1, 0.15) is 12.2 Å². The molecule has 0 spiro atoms. The Morgan fingerprint density at radius 2 is 1.83 bits per heavy atom. The minimum Gasteiger partial charge on any atom is -0.376 e. The van der Waals surface area contributed by atoms with Gasteiger partial charge in [-0.3, -0.25) is 4.79 Å². The summed E-state index contributed by atoms with van der Waals surface area (Å²) >= 11 is 0. The lowest BCUT2D eigenvalue weighted by molar-refractivity contribution is -0.147. The van der Waals surface area contributed by atoms with E-state index < -0.39 is 0 Å². The summed E-state index contributed by atoms with van der Waals surface area (Å²) in [7, 11) is 8.63. The molecule has 3 atom stereocenters. The zero-order valence-corrected chi connectivity index (χ0v) is 14.2. The first-order valence-corrected chi connectivity index (χ1v) is 7.39. The summed E-state index contributed by atoms with van der Waals surface area (Å²) in [5, 5.41) is 0. The number of carbonyl (C=O) groups is 1. The maximum absolute atomic E-state index is 12.7. The van der Waals surface area contributed by atoms with E-state index in [2.05, 4.69) is 9.97 Å². The van der Waals surface area contributed by atoms with Gasteiger partial charge < -0.3 is 24.0 Å². The minimum absolute atomic E-state index is 0.178. The van der Waals surface area contributed by atoms with Crippen LogP contribution >= 0.6 is 0 Å². The van der Waals surface area contributed by atoms with Crippen molar-refractivity contribution in [1.82, 2.24) is 14.9 Å². The predicted octanol–water partition coefficient (Wildman–Crippen LogP) is 0.0434. The average Bonchev–Trinajstić information content (AvgIpc) is 2.59. The summed E-state index contributed by atoms with van der Waals surface area (Å²) in [4.78, 5) is 24.4. The Balaban J connectivity index is 2.14. The van der Waals surface area contributed by atoms with Crippen LogP contribution in [0.25, 0.3) is 0 Å². The monoisotopic (exact) mass is 324 g/mol. The Kier molecular flexibility index (Phi) is 5.86. The fourth-order valence-corrected chi connectivity index (χ4v) is 2.60. The van der Waals surface area contributed by atoms with Crippen LogP contribution in [-0.2, 0) is 14.2 Å². The topological polar surface area (TPSA) is 77.0 Å². The van der Waals surface area contributed by atoms with E-state index >= 15 is 0 Å². The van der Waals surface area contributed by atoms with Gasteiger partial charge in [-0.1, -0.05) is 0 Å². The number of rotatable bonds is 5. The average molecular weight is 324 g/mol. The van der Waals surface area contributed by atoms with E-state index in [4.69, 9.17) is 14.2 Å². The molecule has 8 heteroatoms. The van der Waals surface area contributed by atoms with E-state index in [1.807, 2.05) is 14.1 Å². The Bertz CT molecular complexity index is 523. The molecule has 0 unspecified atom stereocenters. The molecule has 1 aliphatic heterocycles. The number of carbonyl (C=O) groups excluding carboxylic acids is 1. The van der Waals surface area contributed by atoms with Gasteiger partial charge >= 0.3 is 0 Å². The third-order valence-corrected chi connectivity index (χ3v) is 3.99. The zero-order chi connectivity index (χ0) is 17.0. The summed E-state index contributed by atoms with van der Waals surface area (Å²) in [5.41, 5.74) is 0.424. The standard InChI is InChI=1S/C15H24N4O4/c1-18(2)15-16-6-10(7-17-15)14(20)19(3)11-8-23-9-12(21-4)13(11)22-5/h6-7,11-13H,8-9H2,1-5H3/t11-,12-,13+/m1/s1. The van der Waals surface area contributed by atoms with E-state index in [0.29, 0.717) is 24.7 Å². The molecule has 8 nitrogen and oxygen atoms in total. The second-order valence-corrected chi connectivity index (χ2v) is 5.66. The molecular formula is C15H24N4O4. The van der Waals surface area contributed by atoms with Crippen molar-refractivity contribution in [2.24, 2.45) is 0 Å². The number of likely N-dealkylation sites (N-methyl/N-ethyl adjacent to an activating group) is 1. The van der Waals surface area contributed by atoms with Gasteiger partial charge in [0.15, 0.2) is 0 Å². The molecular weight excluding hydrogens is 300 g/mol. The third kappa shape index (κ3) is 3.77. The quantitative estimate of drug-likeness (QED) is 0.757. The van der Waals surface area contributed by atoms with Crippen LogP contribution in [0, 0.1) is 0 Å². The van der Waals surface area contributed by atoms with Gasteiger partial charge in [0.25, 0.3) is 5.91 Å². The summed E-state index contributed by atoms with van der Waals surface area (Å²) < 4.78 is 16.5. The minimum atomic E-state index is -0.246. The molecule has 1 aromatic heterocycles. The molecule has 1 amide bonds. The number of hydrogen-bond donors (Lipinski definition) is 0. The summed E-state index contributed by atoms with van der Waals surface area (Å²) in [5.74, 6) is 0.377. The SMILES string of the molecule is CO[C@H]1[C@H](N(C)C(=O)c2cnc(N(C)C)nc2)COC[C@H]1OC. The third-order valence-electron chi connectivity index (χ3n) is 3.99. The number of aromatic nitrogens is 2. The maximum Gasteiger partial charge on any atom is 0.257 e. The second kappa shape index (κ2) is 7.67. The van der Waals surface area contributed by atoms with Gasteiger partial charge in [-0.15, -0.1) is 0 Å². The Morgan fingerprint density at radius 3 is 2.35 bits per heavy atom. The van der Waals surface area contributed by atoms with Crippen LogP contribution < -0.4 is 4.90 Å². The molecule has 0 aliphatic carbocycles. The number of nitrogens with zero attached hydrogens (tertiary/aromatic N) is 4. The summed E-state index contributed by atoms with van der Waals surface area (Å²) in [6.07, 6.45) is 2.60. The van der Waals surface area contributed by atoms with E-state index in [9.17, 15) is 4.79 Å². The van der Waals surface area contributed by atoms with Crippen molar-refractivity contribution in [3.8, 4) is 0 Å². The first kappa shape index (κ1) is 17.6. The van der Waals surface area contributed by atoms with Gasteiger partial charge in [0, 0.05) is 47.8 Å². The number of anilines is 1. The molecule has 0 radical (unpaired) electrons. The first-order chi connectivity index (χ1) is 11.0. The van der Waals surface area contributed by atoms with Gasteiger partial charge in [0.05, 0.1) is 24.8 Å². The number of hydrogen-bond acceptors (Lipinski definition) is 7. The van der Waals surface area contributed by atoms with Gasteiger partial charge in [-0.2, -0.15) is 0 Å². The van der Waals surface area contributed by atoms with E-state index in [0.717, 1.165) is 0 Å². The highest BCUT2D eigenvalue weighted by atomic mass is 16.6. The lowest BCUT2D eigenvalue weighted by Gasteiger charge is -2.40. The highest BCUT2D eigenvalue weighted by Crippen LogP contribution is 2.20. The fraction of sp³-hybridized carbons (Fsp3) is 0.667. The lowest BCUT2D eigenvalue weighted by atomic mass is 10.0. The van der Waals surface area contributed by atoms with Crippen molar-refractivity contribution < 1.29 is 19.0 Å². The second-order valence-electron chi connectivity index (χ2n) is 5.66. The Labute approximate surface area is 136 Å². The Hall–Kier alpha value is -1.77. The molecule has 1 saturated heterocycles. The van der Waals surface area contributed by atoms with Crippen molar-refractivity contribution in [3.63, 3.8) is 0 Å². The zero-order valence-electron chi connectivity index (χ0n) is 14.2. The van der Waals surface area contributed by atoms with Gasteiger partial charge in [-0.25, -0.2) is 9.97 Å². The van der Waals surface area contributed by atoms with Gasteiger partial charge in [-0.05, 0) is 0 Å². The molecule has 128 valence electrons. The van der Waals surface area contributed by atoms with Crippen LogP contribution in [0.1, 0.15) is 10.4 Å². The molecule has 1 aliphatic rings. The largest absolute Gasteiger partial charge is 0.376 e.